The summed E-state index contributed by atoms with van der Waals surface area (Å²) in [7, 11) is 1.53. The zero-order valence-electron chi connectivity index (χ0n) is 21.4. The van der Waals surface area contributed by atoms with Gasteiger partial charge >= 0.3 is 4.87 Å². The van der Waals surface area contributed by atoms with E-state index in [4.69, 9.17) is 4.74 Å². The van der Waals surface area contributed by atoms with E-state index >= 15 is 0 Å². The number of rotatable bonds is 6. The molecule has 3 amide bonds. The lowest BCUT2D eigenvalue weighted by atomic mass is 9.82. The molecule has 41 heavy (non-hydrogen) atoms. The number of carbonyl (C=O) groups is 3. The summed E-state index contributed by atoms with van der Waals surface area (Å²) in [5.74, 6) is -1.99. The van der Waals surface area contributed by atoms with E-state index in [0.717, 1.165) is 27.6 Å². The van der Waals surface area contributed by atoms with Crippen molar-refractivity contribution in [3.8, 4) is 11.5 Å². The smallest absolute Gasteiger partial charge is 0.308 e. The summed E-state index contributed by atoms with van der Waals surface area (Å²) in [6, 6.07) is 20.2. The number of thioether (sulfide) groups is 1. The average Bonchev–Trinajstić information content (AvgIpc) is 3.41. The number of nitrogens with one attached hydrogen (secondary N) is 1. The first-order valence-corrected chi connectivity index (χ1v) is 15.0. The Hall–Kier alpha value is -3.87. The van der Waals surface area contributed by atoms with Gasteiger partial charge in [0, 0.05) is 26.5 Å². The van der Waals surface area contributed by atoms with Crippen LogP contribution in [-0.2, 0) is 20.9 Å². The van der Waals surface area contributed by atoms with Gasteiger partial charge in [-0.1, -0.05) is 57.2 Å². The number of phenolic OH excluding ortho intramolecular Hbond substituents is 1. The molecule has 6 rings (SSSR count). The number of carbonyl (C=O) groups excluding carboxylic acids is 3. The molecule has 0 bridgehead atoms. The molecule has 9 nitrogen and oxygen atoms in total. The minimum absolute atomic E-state index is 0.0624. The summed E-state index contributed by atoms with van der Waals surface area (Å²) in [6.07, 6.45) is 0. The Morgan fingerprint density at radius 1 is 1.00 bits per heavy atom. The van der Waals surface area contributed by atoms with Crippen LogP contribution in [0.4, 0.5) is 11.4 Å². The van der Waals surface area contributed by atoms with Crippen molar-refractivity contribution in [2.75, 3.05) is 17.3 Å². The molecule has 3 atom stereocenters. The number of aromatic hydroxyl groups is 1. The van der Waals surface area contributed by atoms with Crippen LogP contribution in [0.5, 0.6) is 11.5 Å². The third-order valence-corrected chi connectivity index (χ3v) is 10.2. The largest absolute Gasteiger partial charge is 0.508 e. The maximum atomic E-state index is 14.0. The number of hydrogen-bond donors (Lipinski definition) is 2. The lowest BCUT2D eigenvalue weighted by molar-refractivity contribution is -0.122. The Bertz CT molecular complexity index is 1730. The van der Waals surface area contributed by atoms with Gasteiger partial charge in [0.25, 0.3) is 0 Å². The van der Waals surface area contributed by atoms with Crippen LogP contribution in [0.3, 0.4) is 0 Å². The second-order valence-corrected chi connectivity index (χ2v) is 12.5. The summed E-state index contributed by atoms with van der Waals surface area (Å²) in [5, 5.41) is 11.9. The van der Waals surface area contributed by atoms with Gasteiger partial charge in [0.05, 0.1) is 23.7 Å². The van der Waals surface area contributed by atoms with Gasteiger partial charge in [-0.2, -0.15) is 0 Å². The fourth-order valence-corrected chi connectivity index (χ4v) is 8.28. The minimum atomic E-state index is -0.811. The van der Waals surface area contributed by atoms with E-state index in [-0.39, 0.29) is 29.0 Å². The first-order chi connectivity index (χ1) is 19.8. The highest BCUT2D eigenvalue weighted by atomic mass is 79.9. The first kappa shape index (κ1) is 27.3. The third-order valence-electron chi connectivity index (χ3n) is 7.06. The van der Waals surface area contributed by atoms with E-state index in [1.165, 1.54) is 28.7 Å². The summed E-state index contributed by atoms with van der Waals surface area (Å²) in [4.78, 5) is 55.6. The number of ether oxygens (including phenoxy) is 1. The van der Waals surface area contributed by atoms with Crippen molar-refractivity contribution in [3.63, 3.8) is 0 Å². The second-order valence-electron chi connectivity index (χ2n) is 9.49. The number of para-hydroxylation sites is 1. The zero-order valence-corrected chi connectivity index (χ0v) is 24.7. The lowest BCUT2D eigenvalue weighted by Gasteiger charge is -2.31. The molecule has 0 saturated carbocycles. The quantitative estimate of drug-likeness (QED) is 0.227. The fraction of sp³-hybridized carbons (Fsp3) is 0.172. The molecular weight excluding hydrogens is 630 g/mol. The SMILES string of the molecule is COc1ccccc1[C@H]1c2sc(=O)n(CC(=O)Nc3ccc(O)cc3)c2SC2C(=O)N(c3ccc(Br)cc3)C(=O)C21. The second kappa shape index (κ2) is 10.8. The number of nitrogens with zero attached hydrogens (tertiary/aromatic N) is 2. The molecule has 0 aliphatic carbocycles. The Morgan fingerprint density at radius 3 is 2.41 bits per heavy atom. The summed E-state index contributed by atoms with van der Waals surface area (Å²) in [6.45, 7) is -0.285. The van der Waals surface area contributed by atoms with Crippen LogP contribution in [0.2, 0.25) is 0 Å². The number of halogens is 1. The fourth-order valence-electron chi connectivity index (χ4n) is 5.25. The van der Waals surface area contributed by atoms with E-state index in [1.54, 1.807) is 42.5 Å². The van der Waals surface area contributed by atoms with E-state index < -0.39 is 23.0 Å². The maximum Gasteiger partial charge on any atom is 0.308 e. The van der Waals surface area contributed by atoms with Crippen LogP contribution < -0.4 is 19.8 Å². The van der Waals surface area contributed by atoms with Gasteiger partial charge < -0.3 is 15.2 Å². The molecule has 3 aromatic carbocycles. The van der Waals surface area contributed by atoms with Crippen molar-refractivity contribution in [1.29, 1.82) is 0 Å². The summed E-state index contributed by atoms with van der Waals surface area (Å²) >= 11 is 5.51. The van der Waals surface area contributed by atoms with Gasteiger partial charge in [0.15, 0.2) is 0 Å². The van der Waals surface area contributed by atoms with Crippen molar-refractivity contribution >= 4 is 68.1 Å². The van der Waals surface area contributed by atoms with Crippen LogP contribution >= 0.6 is 39.0 Å². The van der Waals surface area contributed by atoms with Crippen LogP contribution in [0.1, 0.15) is 16.4 Å². The zero-order chi connectivity index (χ0) is 28.8. The number of imide groups is 1. The number of hydrogen-bond acceptors (Lipinski definition) is 8. The number of amides is 3. The van der Waals surface area contributed by atoms with Crippen molar-refractivity contribution in [3.05, 3.63) is 97.4 Å². The lowest BCUT2D eigenvalue weighted by Crippen LogP contribution is -2.33. The van der Waals surface area contributed by atoms with Gasteiger partial charge in [0.1, 0.15) is 23.3 Å². The van der Waals surface area contributed by atoms with Crippen LogP contribution in [0.15, 0.2) is 87.1 Å². The van der Waals surface area contributed by atoms with Crippen LogP contribution in [-0.4, -0.2) is 39.8 Å². The molecule has 208 valence electrons. The Kier molecular flexibility index (Phi) is 7.22. The van der Waals surface area contributed by atoms with Gasteiger partial charge in [-0.25, -0.2) is 4.90 Å². The van der Waals surface area contributed by atoms with E-state index in [2.05, 4.69) is 21.2 Å². The minimum Gasteiger partial charge on any atom is -0.508 e. The van der Waals surface area contributed by atoms with Crippen molar-refractivity contribution in [2.24, 2.45) is 5.92 Å². The van der Waals surface area contributed by atoms with Gasteiger partial charge in [-0.3, -0.25) is 23.7 Å². The standard InChI is InChI=1S/C29H22BrN3O6S2/c1-39-20-5-3-2-4-19(20)22-23-24(27(37)33(26(23)36)17-10-6-15(30)7-11-17)40-28-25(22)41-29(38)32(28)14-21(35)31-16-8-12-18(34)13-9-16/h2-13,22-24,34H,14H2,1H3,(H,31,35)/t22-,23?,24?/m1/s1. The summed E-state index contributed by atoms with van der Waals surface area (Å²) in [5.41, 5.74) is 1.62. The molecule has 1 aromatic heterocycles. The third kappa shape index (κ3) is 4.85. The predicted octanol–water partition coefficient (Wildman–Crippen LogP) is 4.82. The maximum absolute atomic E-state index is 14.0. The predicted molar refractivity (Wildman–Crippen MR) is 160 cm³/mol. The molecule has 2 N–H and O–H groups in total. The number of anilines is 2. The van der Waals surface area contributed by atoms with E-state index in [0.29, 0.717) is 32.6 Å². The molecule has 2 aliphatic rings. The molecule has 2 unspecified atom stereocenters. The van der Waals surface area contributed by atoms with Crippen molar-refractivity contribution in [2.45, 2.75) is 22.7 Å². The Morgan fingerprint density at radius 2 is 1.71 bits per heavy atom. The molecule has 4 aromatic rings. The van der Waals surface area contributed by atoms with Crippen LogP contribution in [0.25, 0.3) is 0 Å². The highest BCUT2D eigenvalue weighted by Gasteiger charge is 2.57. The average molecular weight is 653 g/mol. The number of benzene rings is 3. The monoisotopic (exact) mass is 651 g/mol. The summed E-state index contributed by atoms with van der Waals surface area (Å²) < 4.78 is 7.82. The van der Waals surface area contributed by atoms with Gasteiger partial charge in [0.2, 0.25) is 17.7 Å². The van der Waals surface area contributed by atoms with Crippen molar-refractivity contribution in [1.82, 2.24) is 4.57 Å². The normalized spacial score (nSPS) is 19.6. The Labute approximate surface area is 250 Å². The first-order valence-electron chi connectivity index (χ1n) is 12.5. The van der Waals surface area contributed by atoms with Crippen LogP contribution in [0, 0.1) is 5.92 Å². The topological polar surface area (TPSA) is 118 Å². The highest BCUT2D eigenvalue weighted by Crippen LogP contribution is 2.55. The number of fused-ring (bicyclic) bond motifs is 2. The molecule has 1 saturated heterocycles. The van der Waals surface area contributed by atoms with Gasteiger partial charge in [-0.05, 0) is 54.6 Å². The number of phenols is 1. The molecule has 0 spiro atoms. The molecular formula is C29H22BrN3O6S2. The Balaban J connectivity index is 1.43. The van der Waals surface area contributed by atoms with Crippen molar-refractivity contribution < 1.29 is 24.2 Å². The molecule has 12 heteroatoms. The number of methoxy groups -OCH3 is 1. The molecule has 1 fully saturated rings. The molecule has 0 radical (unpaired) electrons. The van der Waals surface area contributed by atoms with E-state index in [1.807, 2.05) is 18.2 Å². The molecule has 2 aliphatic heterocycles. The molecule has 3 heterocycles. The van der Waals surface area contributed by atoms with E-state index in [9.17, 15) is 24.3 Å². The number of aromatic nitrogens is 1. The highest BCUT2D eigenvalue weighted by molar-refractivity contribution is 9.10. The number of thiazole rings is 1. The van der Waals surface area contributed by atoms with Gasteiger partial charge in [-0.15, -0.1) is 0 Å².